The molecule has 0 saturated carbocycles. The third-order valence-corrected chi connectivity index (χ3v) is 6.08. The minimum atomic E-state index is -0.597. The molecule has 3 rings (SSSR count). The number of thiophene rings is 1. The van der Waals surface area contributed by atoms with Crippen LogP contribution in [-0.2, 0) is 9.53 Å². The second-order valence-electron chi connectivity index (χ2n) is 7.53. The number of hydrogen-bond acceptors (Lipinski definition) is 5. The standard InChI is InChI=1S/C26H23ClN2O3S/c1-4-32-26(31)23-22(19-9-11-21(27)12-10-19)15-33-25(23)29-24(30)20(14-28)13-17-5-7-18(8-6-17)16(2)3/h5-13,15-16H,4H2,1-3H3,(H,29,30). The van der Waals surface area contributed by atoms with Crippen molar-refractivity contribution in [2.45, 2.75) is 26.7 Å². The van der Waals surface area contributed by atoms with Crippen molar-refractivity contribution in [3.8, 4) is 17.2 Å². The maximum Gasteiger partial charge on any atom is 0.341 e. The third kappa shape index (κ3) is 5.89. The average Bonchev–Trinajstić information content (AvgIpc) is 3.21. The van der Waals surface area contributed by atoms with Crippen LogP contribution < -0.4 is 5.32 Å². The van der Waals surface area contributed by atoms with Gasteiger partial charge < -0.3 is 10.1 Å². The Morgan fingerprint density at radius 3 is 2.39 bits per heavy atom. The molecular formula is C26H23ClN2O3S. The van der Waals surface area contributed by atoms with Crippen LogP contribution in [-0.4, -0.2) is 18.5 Å². The lowest BCUT2D eigenvalue weighted by atomic mass is 10.0. The van der Waals surface area contributed by atoms with Gasteiger partial charge >= 0.3 is 5.97 Å². The number of esters is 1. The summed E-state index contributed by atoms with van der Waals surface area (Å²) in [5.74, 6) is -0.761. The zero-order chi connectivity index (χ0) is 24.0. The van der Waals surface area contributed by atoms with E-state index in [-0.39, 0.29) is 17.7 Å². The zero-order valence-corrected chi connectivity index (χ0v) is 20.1. The first-order chi connectivity index (χ1) is 15.8. The lowest BCUT2D eigenvalue weighted by Crippen LogP contribution is -2.16. The van der Waals surface area contributed by atoms with Crippen molar-refractivity contribution in [3.63, 3.8) is 0 Å². The highest BCUT2D eigenvalue weighted by Gasteiger charge is 2.23. The molecule has 0 saturated heterocycles. The number of carbonyl (C=O) groups excluding carboxylic acids is 2. The molecule has 0 radical (unpaired) electrons. The van der Waals surface area contributed by atoms with E-state index in [1.54, 1.807) is 36.6 Å². The molecule has 5 nitrogen and oxygen atoms in total. The van der Waals surface area contributed by atoms with Gasteiger partial charge in [0.25, 0.3) is 5.91 Å². The van der Waals surface area contributed by atoms with Gasteiger partial charge in [0.15, 0.2) is 0 Å². The fraction of sp³-hybridized carbons (Fsp3) is 0.192. The maximum absolute atomic E-state index is 12.9. The van der Waals surface area contributed by atoms with Crippen LogP contribution in [0.2, 0.25) is 5.02 Å². The number of nitriles is 1. The Morgan fingerprint density at radius 1 is 1.15 bits per heavy atom. The molecule has 0 spiro atoms. The lowest BCUT2D eigenvalue weighted by Gasteiger charge is -2.09. The molecule has 1 heterocycles. The van der Waals surface area contributed by atoms with Crippen molar-refractivity contribution in [2.24, 2.45) is 0 Å². The summed E-state index contributed by atoms with van der Waals surface area (Å²) < 4.78 is 5.22. The Labute approximate surface area is 202 Å². The van der Waals surface area contributed by atoms with Crippen molar-refractivity contribution in [1.82, 2.24) is 0 Å². The van der Waals surface area contributed by atoms with Crippen LogP contribution in [0.4, 0.5) is 5.00 Å². The van der Waals surface area contributed by atoms with E-state index in [4.69, 9.17) is 16.3 Å². The van der Waals surface area contributed by atoms with Crippen molar-refractivity contribution >= 4 is 45.9 Å². The average molecular weight is 479 g/mol. The summed E-state index contributed by atoms with van der Waals surface area (Å²) in [4.78, 5) is 25.6. The Morgan fingerprint density at radius 2 is 1.82 bits per heavy atom. The van der Waals surface area contributed by atoms with E-state index in [2.05, 4.69) is 19.2 Å². The number of nitrogens with zero attached hydrogens (tertiary/aromatic N) is 1. The number of nitrogens with one attached hydrogen (secondary N) is 1. The van der Waals surface area contributed by atoms with Crippen LogP contribution in [0.3, 0.4) is 0 Å². The molecule has 0 unspecified atom stereocenters. The predicted octanol–water partition coefficient (Wildman–Crippen LogP) is 6.91. The van der Waals surface area contributed by atoms with Gasteiger partial charge in [0, 0.05) is 16.0 Å². The molecule has 0 fully saturated rings. The van der Waals surface area contributed by atoms with E-state index in [0.717, 1.165) is 11.1 Å². The molecule has 0 aliphatic heterocycles. The van der Waals surface area contributed by atoms with Crippen molar-refractivity contribution in [3.05, 3.63) is 81.2 Å². The van der Waals surface area contributed by atoms with Gasteiger partial charge in [-0.2, -0.15) is 5.26 Å². The van der Waals surface area contributed by atoms with E-state index in [1.807, 2.05) is 30.3 Å². The fourth-order valence-electron chi connectivity index (χ4n) is 3.16. The normalized spacial score (nSPS) is 11.2. The molecule has 0 aliphatic carbocycles. The quantitative estimate of drug-likeness (QED) is 0.227. The summed E-state index contributed by atoms with van der Waals surface area (Å²) in [6.45, 7) is 6.10. The van der Waals surface area contributed by atoms with Crippen LogP contribution in [0, 0.1) is 11.3 Å². The smallest absolute Gasteiger partial charge is 0.341 e. The second-order valence-corrected chi connectivity index (χ2v) is 8.84. The number of anilines is 1. The number of ether oxygens (including phenoxy) is 1. The van der Waals surface area contributed by atoms with Gasteiger partial charge in [0.05, 0.1) is 6.61 Å². The molecule has 1 aromatic heterocycles. The Hall–Kier alpha value is -3.40. The highest BCUT2D eigenvalue weighted by Crippen LogP contribution is 2.37. The van der Waals surface area contributed by atoms with E-state index >= 15 is 0 Å². The number of halogens is 1. The number of carbonyl (C=O) groups is 2. The first-order valence-corrected chi connectivity index (χ1v) is 11.7. The second kappa shape index (κ2) is 11.0. The van der Waals surface area contributed by atoms with Crippen molar-refractivity contribution in [1.29, 1.82) is 5.26 Å². The van der Waals surface area contributed by atoms with Crippen molar-refractivity contribution in [2.75, 3.05) is 11.9 Å². The van der Waals surface area contributed by atoms with Gasteiger partial charge in [-0.15, -0.1) is 11.3 Å². The molecule has 1 N–H and O–H groups in total. The van der Waals surface area contributed by atoms with E-state index < -0.39 is 11.9 Å². The van der Waals surface area contributed by atoms with Gasteiger partial charge in [-0.3, -0.25) is 4.79 Å². The Kier molecular flexibility index (Phi) is 8.05. The van der Waals surface area contributed by atoms with Crippen LogP contribution in [0.1, 0.15) is 48.2 Å². The lowest BCUT2D eigenvalue weighted by molar-refractivity contribution is -0.112. The highest BCUT2D eigenvalue weighted by molar-refractivity contribution is 7.15. The summed E-state index contributed by atoms with van der Waals surface area (Å²) in [5, 5.41) is 14.9. The minimum absolute atomic E-state index is 0.0662. The SMILES string of the molecule is CCOC(=O)c1c(-c2ccc(Cl)cc2)csc1NC(=O)C(C#N)=Cc1ccc(C(C)C)cc1. The summed E-state index contributed by atoms with van der Waals surface area (Å²) in [6, 6.07) is 16.7. The van der Waals surface area contributed by atoms with Gasteiger partial charge in [-0.1, -0.05) is 61.8 Å². The van der Waals surface area contributed by atoms with Crippen LogP contribution in [0.25, 0.3) is 17.2 Å². The minimum Gasteiger partial charge on any atom is -0.462 e. The first-order valence-electron chi connectivity index (χ1n) is 10.4. The van der Waals surface area contributed by atoms with Crippen LogP contribution in [0.15, 0.2) is 59.5 Å². The zero-order valence-electron chi connectivity index (χ0n) is 18.5. The predicted molar refractivity (Wildman–Crippen MR) is 133 cm³/mol. The van der Waals surface area contributed by atoms with Gasteiger partial charge in [-0.25, -0.2) is 4.79 Å². The van der Waals surface area contributed by atoms with Crippen LogP contribution >= 0.6 is 22.9 Å². The summed E-state index contributed by atoms with van der Waals surface area (Å²) >= 11 is 7.18. The molecule has 168 valence electrons. The van der Waals surface area contributed by atoms with Gasteiger partial charge in [0.1, 0.15) is 22.2 Å². The van der Waals surface area contributed by atoms with E-state index in [0.29, 0.717) is 21.5 Å². The highest BCUT2D eigenvalue weighted by atomic mass is 35.5. The van der Waals surface area contributed by atoms with E-state index in [1.165, 1.54) is 23.0 Å². The number of benzene rings is 2. The molecule has 33 heavy (non-hydrogen) atoms. The maximum atomic E-state index is 12.9. The molecular weight excluding hydrogens is 456 g/mol. The number of rotatable bonds is 7. The van der Waals surface area contributed by atoms with Crippen molar-refractivity contribution < 1.29 is 14.3 Å². The molecule has 0 atom stereocenters. The van der Waals surface area contributed by atoms with Gasteiger partial charge in [-0.05, 0) is 47.7 Å². The fourth-order valence-corrected chi connectivity index (χ4v) is 4.24. The molecule has 2 aromatic carbocycles. The number of hydrogen-bond donors (Lipinski definition) is 1. The largest absolute Gasteiger partial charge is 0.462 e. The summed E-state index contributed by atoms with van der Waals surface area (Å²) in [7, 11) is 0. The molecule has 0 bridgehead atoms. The number of amides is 1. The topological polar surface area (TPSA) is 79.2 Å². The Balaban J connectivity index is 1.92. The summed E-state index contributed by atoms with van der Waals surface area (Å²) in [6.07, 6.45) is 1.52. The van der Waals surface area contributed by atoms with Gasteiger partial charge in [0.2, 0.25) is 0 Å². The molecule has 0 aliphatic rings. The molecule has 7 heteroatoms. The molecule has 1 amide bonds. The van der Waals surface area contributed by atoms with E-state index in [9.17, 15) is 14.9 Å². The summed E-state index contributed by atoms with van der Waals surface area (Å²) in [5.41, 5.74) is 3.48. The monoisotopic (exact) mass is 478 g/mol. The van der Waals surface area contributed by atoms with Crippen LogP contribution in [0.5, 0.6) is 0 Å². The molecule has 3 aromatic rings. The first kappa shape index (κ1) is 24.2. The third-order valence-electron chi connectivity index (χ3n) is 4.93. The Bertz CT molecular complexity index is 1220.